The van der Waals surface area contributed by atoms with Gasteiger partial charge in [-0.3, -0.25) is 4.79 Å². The zero-order valence-electron chi connectivity index (χ0n) is 11.4. The fourth-order valence-electron chi connectivity index (χ4n) is 2.22. The van der Waals surface area contributed by atoms with E-state index in [0.29, 0.717) is 25.7 Å². The Labute approximate surface area is 114 Å². The summed E-state index contributed by atoms with van der Waals surface area (Å²) in [5.41, 5.74) is 1.32. The fraction of sp³-hybridized carbons (Fsp3) is 0.533. The third kappa shape index (κ3) is 4.33. The van der Waals surface area contributed by atoms with Crippen LogP contribution < -0.4 is 10.6 Å². The molecule has 0 saturated carbocycles. The van der Waals surface area contributed by atoms with Crippen LogP contribution in [-0.4, -0.2) is 38.3 Å². The van der Waals surface area contributed by atoms with Crippen LogP contribution in [0.5, 0.6) is 0 Å². The van der Waals surface area contributed by atoms with Gasteiger partial charge in [0.05, 0.1) is 13.2 Å². The highest BCUT2D eigenvalue weighted by molar-refractivity contribution is 5.81. The Morgan fingerprint density at radius 3 is 2.95 bits per heavy atom. The number of carbonyl (C=O) groups is 1. The number of rotatable bonds is 5. The minimum atomic E-state index is -0.194. The van der Waals surface area contributed by atoms with Crippen molar-refractivity contribution < 1.29 is 9.53 Å². The lowest BCUT2D eigenvalue weighted by atomic mass is 9.98. The Balaban J connectivity index is 1.69. The second-order valence-corrected chi connectivity index (χ2v) is 4.97. The summed E-state index contributed by atoms with van der Waals surface area (Å²) < 4.78 is 5.28. The molecule has 0 aromatic heterocycles. The highest BCUT2D eigenvalue weighted by atomic mass is 16.5. The minimum absolute atomic E-state index is 0.0416. The number of amides is 1. The summed E-state index contributed by atoms with van der Waals surface area (Å²) >= 11 is 0. The van der Waals surface area contributed by atoms with Gasteiger partial charge < -0.3 is 15.4 Å². The maximum atomic E-state index is 11.9. The van der Waals surface area contributed by atoms with Gasteiger partial charge in [-0.25, -0.2) is 0 Å². The molecular formula is C15H22N2O2. The quantitative estimate of drug-likeness (QED) is 0.840. The Bertz CT molecular complexity index is 388. The molecule has 2 atom stereocenters. The summed E-state index contributed by atoms with van der Waals surface area (Å²) in [4.78, 5) is 11.9. The Morgan fingerprint density at radius 1 is 1.47 bits per heavy atom. The van der Waals surface area contributed by atoms with Crippen molar-refractivity contribution in [2.45, 2.75) is 25.3 Å². The minimum Gasteiger partial charge on any atom is -0.378 e. The van der Waals surface area contributed by atoms with Gasteiger partial charge in [0.15, 0.2) is 0 Å². The summed E-state index contributed by atoms with van der Waals surface area (Å²) in [6.45, 7) is 4.80. The predicted octanol–water partition coefficient (Wildman–Crippen LogP) is 1.28. The molecule has 0 bridgehead atoms. The molecule has 4 nitrogen and oxygen atoms in total. The second kappa shape index (κ2) is 7.26. The summed E-state index contributed by atoms with van der Waals surface area (Å²) in [5.74, 6) is 0.497. The first-order valence-electron chi connectivity index (χ1n) is 6.91. The molecule has 4 heteroatoms. The van der Waals surface area contributed by atoms with E-state index in [-0.39, 0.29) is 11.9 Å². The first-order valence-corrected chi connectivity index (χ1v) is 6.91. The van der Waals surface area contributed by atoms with Gasteiger partial charge in [0.2, 0.25) is 5.91 Å². The van der Waals surface area contributed by atoms with Crippen molar-refractivity contribution in [1.29, 1.82) is 0 Å². The van der Waals surface area contributed by atoms with Gasteiger partial charge in [0, 0.05) is 13.1 Å². The van der Waals surface area contributed by atoms with E-state index in [9.17, 15) is 4.79 Å². The van der Waals surface area contributed by atoms with Crippen molar-refractivity contribution in [3.63, 3.8) is 0 Å². The maximum Gasteiger partial charge on any atom is 0.239 e. The predicted molar refractivity (Wildman–Crippen MR) is 75.1 cm³/mol. The monoisotopic (exact) mass is 262 g/mol. The smallest absolute Gasteiger partial charge is 0.239 e. The lowest BCUT2D eigenvalue weighted by Crippen LogP contribution is -2.51. The standard InChI is InChI=1S/C15H22N2O2/c1-12(13-5-3-2-4-6-13)7-8-17-15(18)14-11-19-10-9-16-14/h2-6,12,14,16H,7-11H2,1H3,(H,17,18). The Morgan fingerprint density at radius 2 is 2.26 bits per heavy atom. The van der Waals surface area contributed by atoms with Crippen molar-refractivity contribution in [1.82, 2.24) is 10.6 Å². The first kappa shape index (κ1) is 14.0. The number of ether oxygens (including phenoxy) is 1. The van der Waals surface area contributed by atoms with Crippen LogP contribution in [0, 0.1) is 0 Å². The van der Waals surface area contributed by atoms with E-state index < -0.39 is 0 Å². The molecule has 1 aromatic rings. The van der Waals surface area contributed by atoms with Crippen molar-refractivity contribution in [3.8, 4) is 0 Å². The van der Waals surface area contributed by atoms with E-state index in [0.717, 1.165) is 13.0 Å². The second-order valence-electron chi connectivity index (χ2n) is 4.97. The molecule has 1 aromatic carbocycles. The van der Waals surface area contributed by atoms with Crippen LogP contribution in [0.3, 0.4) is 0 Å². The van der Waals surface area contributed by atoms with Crippen LogP contribution >= 0.6 is 0 Å². The lowest BCUT2D eigenvalue weighted by molar-refractivity contribution is -0.125. The first-order chi connectivity index (χ1) is 9.27. The average molecular weight is 262 g/mol. The molecular weight excluding hydrogens is 240 g/mol. The molecule has 2 N–H and O–H groups in total. The lowest BCUT2D eigenvalue weighted by Gasteiger charge is -2.23. The highest BCUT2D eigenvalue weighted by Gasteiger charge is 2.20. The molecule has 19 heavy (non-hydrogen) atoms. The van der Waals surface area contributed by atoms with Crippen molar-refractivity contribution >= 4 is 5.91 Å². The van der Waals surface area contributed by atoms with E-state index in [1.807, 2.05) is 18.2 Å². The zero-order chi connectivity index (χ0) is 13.5. The van der Waals surface area contributed by atoms with Crippen molar-refractivity contribution in [2.75, 3.05) is 26.3 Å². The molecule has 0 radical (unpaired) electrons. The Kier molecular flexibility index (Phi) is 5.36. The molecule has 0 aliphatic carbocycles. The zero-order valence-corrected chi connectivity index (χ0v) is 11.4. The van der Waals surface area contributed by atoms with Gasteiger partial charge in [-0.1, -0.05) is 37.3 Å². The summed E-state index contributed by atoms with van der Waals surface area (Å²) in [6.07, 6.45) is 0.948. The van der Waals surface area contributed by atoms with E-state index in [1.54, 1.807) is 0 Å². The SMILES string of the molecule is CC(CCNC(=O)C1COCCN1)c1ccccc1. The van der Waals surface area contributed by atoms with Crippen LogP contribution in [0.15, 0.2) is 30.3 Å². The molecule has 2 rings (SSSR count). The number of carbonyl (C=O) groups excluding carboxylic acids is 1. The number of benzene rings is 1. The van der Waals surface area contributed by atoms with E-state index in [1.165, 1.54) is 5.56 Å². The summed E-state index contributed by atoms with van der Waals surface area (Å²) in [5, 5.41) is 6.12. The summed E-state index contributed by atoms with van der Waals surface area (Å²) in [6, 6.07) is 10.2. The molecule has 1 aliphatic heterocycles. The summed E-state index contributed by atoms with van der Waals surface area (Å²) in [7, 11) is 0. The number of nitrogens with one attached hydrogen (secondary N) is 2. The molecule has 2 unspecified atom stereocenters. The fourth-order valence-corrected chi connectivity index (χ4v) is 2.22. The van der Waals surface area contributed by atoms with E-state index in [4.69, 9.17) is 4.74 Å². The van der Waals surface area contributed by atoms with Crippen molar-refractivity contribution in [2.24, 2.45) is 0 Å². The molecule has 104 valence electrons. The van der Waals surface area contributed by atoms with Crippen LogP contribution in [0.2, 0.25) is 0 Å². The van der Waals surface area contributed by atoms with Gasteiger partial charge in [-0.2, -0.15) is 0 Å². The topological polar surface area (TPSA) is 50.4 Å². The average Bonchev–Trinajstić information content (AvgIpc) is 2.49. The van der Waals surface area contributed by atoms with Gasteiger partial charge in [0.25, 0.3) is 0 Å². The molecule has 1 fully saturated rings. The van der Waals surface area contributed by atoms with Gasteiger partial charge in [-0.05, 0) is 17.9 Å². The number of hydrogen-bond acceptors (Lipinski definition) is 3. The van der Waals surface area contributed by atoms with E-state index >= 15 is 0 Å². The maximum absolute atomic E-state index is 11.9. The van der Waals surface area contributed by atoms with Crippen LogP contribution in [-0.2, 0) is 9.53 Å². The van der Waals surface area contributed by atoms with E-state index in [2.05, 4.69) is 29.7 Å². The molecule has 1 heterocycles. The number of morpholine rings is 1. The van der Waals surface area contributed by atoms with Crippen LogP contribution in [0.4, 0.5) is 0 Å². The highest BCUT2D eigenvalue weighted by Crippen LogP contribution is 2.17. The third-order valence-corrected chi connectivity index (χ3v) is 3.48. The molecule has 1 aliphatic rings. The number of hydrogen-bond donors (Lipinski definition) is 2. The third-order valence-electron chi connectivity index (χ3n) is 3.48. The van der Waals surface area contributed by atoms with Crippen LogP contribution in [0.1, 0.15) is 24.8 Å². The van der Waals surface area contributed by atoms with Gasteiger partial charge in [-0.15, -0.1) is 0 Å². The van der Waals surface area contributed by atoms with Crippen molar-refractivity contribution in [3.05, 3.63) is 35.9 Å². The van der Waals surface area contributed by atoms with Crippen LogP contribution in [0.25, 0.3) is 0 Å². The normalized spacial score (nSPS) is 20.8. The molecule has 0 spiro atoms. The molecule has 1 saturated heterocycles. The molecule has 1 amide bonds. The largest absolute Gasteiger partial charge is 0.378 e. The Hall–Kier alpha value is -1.39. The van der Waals surface area contributed by atoms with Gasteiger partial charge >= 0.3 is 0 Å². The van der Waals surface area contributed by atoms with Gasteiger partial charge in [0.1, 0.15) is 6.04 Å².